The number of hydrogen-bond donors (Lipinski definition) is 1. The van der Waals surface area contributed by atoms with Crippen LogP contribution in [0.2, 0.25) is 0 Å². The second-order valence-electron chi connectivity index (χ2n) is 7.61. The summed E-state index contributed by atoms with van der Waals surface area (Å²) < 4.78 is 38.1. The third-order valence-corrected chi connectivity index (χ3v) is 8.11. The van der Waals surface area contributed by atoms with Crippen molar-refractivity contribution in [3.8, 4) is 11.5 Å². The zero-order valence-corrected chi connectivity index (χ0v) is 18.8. The van der Waals surface area contributed by atoms with Gasteiger partial charge in [0.1, 0.15) is 0 Å². The van der Waals surface area contributed by atoms with Gasteiger partial charge in [-0.25, -0.2) is 8.42 Å². The fourth-order valence-electron chi connectivity index (χ4n) is 3.75. The molecule has 0 unspecified atom stereocenters. The Hall–Kier alpha value is -1.95. The van der Waals surface area contributed by atoms with Crippen LogP contribution in [0.1, 0.15) is 32.1 Å². The summed E-state index contributed by atoms with van der Waals surface area (Å²) >= 11 is 1.17. The predicted octanol–water partition coefficient (Wildman–Crippen LogP) is 2.30. The van der Waals surface area contributed by atoms with Crippen molar-refractivity contribution in [3.63, 3.8) is 0 Å². The topological polar surface area (TPSA) is 115 Å². The van der Waals surface area contributed by atoms with Gasteiger partial charge in [0, 0.05) is 24.7 Å². The van der Waals surface area contributed by atoms with Gasteiger partial charge in [0.05, 0.1) is 23.9 Å². The molecule has 4 rings (SSSR count). The van der Waals surface area contributed by atoms with E-state index < -0.39 is 10.0 Å². The van der Waals surface area contributed by atoms with Crippen molar-refractivity contribution < 1.29 is 22.4 Å². The summed E-state index contributed by atoms with van der Waals surface area (Å²) in [6.07, 6.45) is 5.62. The summed E-state index contributed by atoms with van der Waals surface area (Å²) in [5.74, 6) is 0.369. The minimum atomic E-state index is -3.62. The Balaban J connectivity index is 1.38. The zero-order chi connectivity index (χ0) is 21.7. The highest BCUT2D eigenvalue weighted by Gasteiger charge is 2.27. The van der Waals surface area contributed by atoms with Crippen LogP contribution in [0, 0.1) is 0 Å². The first kappa shape index (κ1) is 22.3. The number of carbonyl (C=O) groups excluding carboxylic acids is 1. The number of amides is 1. The van der Waals surface area contributed by atoms with Crippen molar-refractivity contribution in [1.82, 2.24) is 19.8 Å². The third-order valence-electron chi connectivity index (χ3n) is 5.39. The van der Waals surface area contributed by atoms with E-state index in [1.54, 1.807) is 18.2 Å². The average molecular weight is 467 g/mol. The minimum Gasteiger partial charge on any atom is -0.411 e. The summed E-state index contributed by atoms with van der Waals surface area (Å²) in [6.45, 7) is 1.43. The number of nitrogens with one attached hydrogen (secondary N) is 1. The molecule has 1 aromatic heterocycles. The van der Waals surface area contributed by atoms with Gasteiger partial charge in [-0.3, -0.25) is 4.79 Å². The molecule has 1 aliphatic carbocycles. The fraction of sp³-hybridized carbons (Fsp3) is 0.550. The van der Waals surface area contributed by atoms with E-state index in [1.165, 1.54) is 28.6 Å². The van der Waals surface area contributed by atoms with Crippen molar-refractivity contribution >= 4 is 27.7 Å². The molecule has 168 valence electrons. The number of benzene rings is 1. The van der Waals surface area contributed by atoms with E-state index in [2.05, 4.69) is 15.5 Å². The molecule has 0 bridgehead atoms. The van der Waals surface area contributed by atoms with Crippen molar-refractivity contribution in [2.24, 2.45) is 0 Å². The van der Waals surface area contributed by atoms with Crippen LogP contribution >= 0.6 is 11.8 Å². The van der Waals surface area contributed by atoms with Crippen molar-refractivity contribution in [2.75, 3.05) is 32.1 Å². The Bertz CT molecular complexity index is 999. The third kappa shape index (κ3) is 5.65. The standard InChI is InChI=1S/C20H26N4O5S2/c25-18(21-16-6-2-1-3-7-16)14-30-20-23-22-19(29-20)15-5-4-8-17(13-15)31(26,27)24-9-11-28-12-10-24/h4-5,8,13,16H,1-3,6-7,9-12,14H2,(H,21,25). The highest BCUT2D eigenvalue weighted by Crippen LogP contribution is 2.26. The molecule has 0 radical (unpaired) electrons. The summed E-state index contributed by atoms with van der Waals surface area (Å²) in [5.41, 5.74) is 0.514. The molecule has 2 aromatic rings. The number of morpholine rings is 1. The first-order valence-electron chi connectivity index (χ1n) is 10.5. The maximum Gasteiger partial charge on any atom is 0.277 e. The van der Waals surface area contributed by atoms with Crippen molar-refractivity contribution in [1.29, 1.82) is 0 Å². The monoisotopic (exact) mass is 466 g/mol. The lowest BCUT2D eigenvalue weighted by Gasteiger charge is -2.26. The summed E-state index contributed by atoms with van der Waals surface area (Å²) in [6, 6.07) is 6.71. The van der Waals surface area contributed by atoms with Crippen LogP contribution in [-0.4, -0.2) is 66.9 Å². The van der Waals surface area contributed by atoms with Crippen LogP contribution in [0.5, 0.6) is 0 Å². The van der Waals surface area contributed by atoms with Gasteiger partial charge < -0.3 is 14.5 Å². The number of ether oxygens (including phenoxy) is 1. The number of carbonyl (C=O) groups is 1. The molecular weight excluding hydrogens is 440 g/mol. The minimum absolute atomic E-state index is 0.0461. The van der Waals surface area contributed by atoms with Gasteiger partial charge in [-0.05, 0) is 31.0 Å². The van der Waals surface area contributed by atoms with Crippen LogP contribution in [0.15, 0.2) is 38.8 Å². The number of rotatable bonds is 7. The number of hydrogen-bond acceptors (Lipinski definition) is 8. The molecule has 1 aromatic carbocycles. The first-order chi connectivity index (χ1) is 15.0. The molecule has 2 heterocycles. The highest BCUT2D eigenvalue weighted by atomic mass is 32.2. The molecule has 0 spiro atoms. The molecule has 0 atom stereocenters. The number of thioether (sulfide) groups is 1. The lowest BCUT2D eigenvalue weighted by molar-refractivity contribution is -0.119. The molecule has 9 nitrogen and oxygen atoms in total. The van der Waals surface area contributed by atoms with Gasteiger partial charge in [-0.1, -0.05) is 37.1 Å². The van der Waals surface area contributed by atoms with Gasteiger partial charge in [0.2, 0.25) is 21.8 Å². The zero-order valence-electron chi connectivity index (χ0n) is 17.2. The molecule has 31 heavy (non-hydrogen) atoms. The molecule has 1 saturated heterocycles. The van der Waals surface area contributed by atoms with E-state index in [0.29, 0.717) is 31.9 Å². The van der Waals surface area contributed by atoms with Gasteiger partial charge in [-0.15, -0.1) is 10.2 Å². The molecule has 1 N–H and O–H groups in total. The molecule has 1 aliphatic heterocycles. The van der Waals surface area contributed by atoms with Gasteiger partial charge in [0.25, 0.3) is 5.22 Å². The normalized spacial score (nSPS) is 18.7. The van der Waals surface area contributed by atoms with Crippen LogP contribution in [-0.2, 0) is 19.6 Å². The van der Waals surface area contributed by atoms with Crippen LogP contribution in [0.4, 0.5) is 0 Å². The smallest absolute Gasteiger partial charge is 0.277 e. The second-order valence-corrected chi connectivity index (χ2v) is 10.5. The van der Waals surface area contributed by atoms with Gasteiger partial charge in [0.15, 0.2) is 0 Å². The Kier molecular flexibility index (Phi) is 7.26. The van der Waals surface area contributed by atoms with E-state index in [0.717, 1.165) is 25.7 Å². The maximum absolute atomic E-state index is 12.9. The average Bonchev–Trinajstić information content (AvgIpc) is 3.28. The fourth-order valence-corrected chi connectivity index (χ4v) is 5.78. The SMILES string of the molecule is O=C(CSc1nnc(-c2cccc(S(=O)(=O)N3CCOCC3)c2)o1)NC1CCCCC1. The lowest BCUT2D eigenvalue weighted by Crippen LogP contribution is -2.40. The molecule has 1 saturated carbocycles. The predicted molar refractivity (Wildman–Crippen MR) is 115 cm³/mol. The quantitative estimate of drug-likeness (QED) is 0.618. The van der Waals surface area contributed by atoms with E-state index in [4.69, 9.17) is 9.15 Å². The van der Waals surface area contributed by atoms with Crippen molar-refractivity contribution in [3.05, 3.63) is 24.3 Å². The van der Waals surface area contributed by atoms with E-state index >= 15 is 0 Å². The first-order valence-corrected chi connectivity index (χ1v) is 12.9. The summed E-state index contributed by atoms with van der Waals surface area (Å²) in [7, 11) is -3.62. The Morgan fingerprint density at radius 3 is 2.71 bits per heavy atom. The van der Waals surface area contributed by atoms with Crippen LogP contribution < -0.4 is 5.32 Å². The number of nitrogens with zero attached hydrogens (tertiary/aromatic N) is 3. The van der Waals surface area contributed by atoms with E-state index in [1.807, 2.05) is 0 Å². The highest BCUT2D eigenvalue weighted by molar-refractivity contribution is 7.99. The van der Waals surface area contributed by atoms with Gasteiger partial charge >= 0.3 is 0 Å². The largest absolute Gasteiger partial charge is 0.411 e. The van der Waals surface area contributed by atoms with Crippen LogP contribution in [0.25, 0.3) is 11.5 Å². The number of sulfonamides is 1. The maximum atomic E-state index is 12.9. The Labute approximate surface area is 186 Å². The van der Waals surface area contributed by atoms with Crippen LogP contribution in [0.3, 0.4) is 0 Å². The number of aromatic nitrogens is 2. The van der Waals surface area contributed by atoms with E-state index in [9.17, 15) is 13.2 Å². The molecule has 1 amide bonds. The van der Waals surface area contributed by atoms with E-state index in [-0.39, 0.29) is 33.7 Å². The lowest BCUT2D eigenvalue weighted by atomic mass is 9.95. The summed E-state index contributed by atoms with van der Waals surface area (Å²) in [4.78, 5) is 12.3. The second kappa shape index (κ2) is 10.1. The molecule has 11 heteroatoms. The Morgan fingerprint density at radius 1 is 1.16 bits per heavy atom. The Morgan fingerprint density at radius 2 is 1.94 bits per heavy atom. The molecule has 2 fully saturated rings. The molecular formula is C20H26N4O5S2. The molecule has 2 aliphatic rings. The summed E-state index contributed by atoms with van der Waals surface area (Å²) in [5, 5.41) is 11.3. The van der Waals surface area contributed by atoms with Gasteiger partial charge in [-0.2, -0.15) is 4.31 Å². The van der Waals surface area contributed by atoms with Crippen molar-refractivity contribution in [2.45, 2.75) is 48.3 Å².